The predicted octanol–water partition coefficient (Wildman–Crippen LogP) is 3.78. The molecule has 1 amide bonds. The number of nitrogens with zero attached hydrogens (tertiary/aromatic N) is 4. The molecule has 4 aromatic rings. The van der Waals surface area contributed by atoms with Crippen molar-refractivity contribution in [1.29, 1.82) is 0 Å². The molecule has 2 N–H and O–H groups in total. The third-order valence-electron chi connectivity index (χ3n) is 4.14. The molecular weight excluding hydrogens is 404 g/mol. The van der Waals surface area contributed by atoms with Crippen LogP contribution in [0.1, 0.15) is 15.9 Å². The zero-order chi connectivity index (χ0) is 20.9. The Balaban J connectivity index is 1.50. The van der Waals surface area contributed by atoms with E-state index >= 15 is 0 Å². The molecule has 30 heavy (non-hydrogen) atoms. The molecule has 0 saturated heterocycles. The van der Waals surface area contributed by atoms with Crippen LogP contribution in [-0.2, 0) is 0 Å². The number of aromatic amines is 1. The maximum atomic E-state index is 12.4. The summed E-state index contributed by atoms with van der Waals surface area (Å²) in [5.41, 5.74) is 4.12. The van der Waals surface area contributed by atoms with Gasteiger partial charge in [-0.3, -0.25) is 14.9 Å². The van der Waals surface area contributed by atoms with Gasteiger partial charge in [0.15, 0.2) is 5.16 Å². The Labute approximate surface area is 174 Å². The van der Waals surface area contributed by atoms with Gasteiger partial charge in [0.2, 0.25) is 0 Å². The first-order chi connectivity index (χ1) is 14.6. The minimum atomic E-state index is -0.479. The zero-order valence-electron chi connectivity index (χ0n) is 15.4. The number of amides is 1. The second-order valence-electron chi connectivity index (χ2n) is 6.06. The van der Waals surface area contributed by atoms with E-state index in [0.29, 0.717) is 21.2 Å². The number of aromatic nitrogens is 3. The Bertz CT molecular complexity index is 1260. The van der Waals surface area contributed by atoms with Gasteiger partial charge >= 0.3 is 0 Å². The topological polar surface area (TPSA) is 126 Å². The summed E-state index contributed by atoms with van der Waals surface area (Å²) < 4.78 is 0. The van der Waals surface area contributed by atoms with Gasteiger partial charge in [0, 0.05) is 41.1 Å². The minimum Gasteiger partial charge on any atom is -0.360 e. The number of rotatable bonds is 6. The minimum absolute atomic E-state index is 0.0978. The number of carbonyl (C=O) groups excluding carboxylic acids is 1. The molecule has 9 nitrogen and oxygen atoms in total. The van der Waals surface area contributed by atoms with Gasteiger partial charge in [-0.15, -0.1) is 0 Å². The summed E-state index contributed by atoms with van der Waals surface area (Å²) in [7, 11) is 0. The largest absolute Gasteiger partial charge is 0.360 e. The fraction of sp³-hybridized carbons (Fsp3) is 0. The fourth-order valence-corrected chi connectivity index (χ4v) is 3.56. The Morgan fingerprint density at radius 1 is 1.17 bits per heavy atom. The zero-order valence-corrected chi connectivity index (χ0v) is 16.2. The van der Waals surface area contributed by atoms with Gasteiger partial charge in [0.25, 0.3) is 11.6 Å². The van der Waals surface area contributed by atoms with E-state index < -0.39 is 4.92 Å². The van der Waals surface area contributed by atoms with Crippen molar-refractivity contribution in [2.75, 3.05) is 0 Å². The summed E-state index contributed by atoms with van der Waals surface area (Å²) in [6.07, 6.45) is 6.10. The van der Waals surface area contributed by atoms with Crippen LogP contribution in [0.3, 0.4) is 0 Å². The molecule has 0 aliphatic rings. The summed E-state index contributed by atoms with van der Waals surface area (Å²) in [5.74, 6) is -0.383. The number of nitro benzene ring substituents is 1. The number of para-hydroxylation sites is 1. The van der Waals surface area contributed by atoms with Crippen LogP contribution in [0.5, 0.6) is 0 Å². The number of benzene rings is 2. The quantitative estimate of drug-likeness (QED) is 0.212. The molecule has 0 saturated carbocycles. The van der Waals surface area contributed by atoms with E-state index in [0.717, 1.165) is 22.7 Å². The summed E-state index contributed by atoms with van der Waals surface area (Å²) in [6, 6.07) is 13.7. The molecule has 0 spiro atoms. The maximum absolute atomic E-state index is 12.4. The van der Waals surface area contributed by atoms with Crippen LogP contribution in [-0.4, -0.2) is 32.0 Å². The maximum Gasteiger partial charge on any atom is 0.283 e. The SMILES string of the molecule is O=C(NN=Cc1ccc(Sc2ncccn2)c([N+](=O)[O-])c1)c1c[nH]c2ccccc12. The molecule has 0 bridgehead atoms. The first-order valence-electron chi connectivity index (χ1n) is 8.74. The predicted molar refractivity (Wildman–Crippen MR) is 113 cm³/mol. The smallest absolute Gasteiger partial charge is 0.283 e. The van der Waals surface area contributed by atoms with Crippen molar-refractivity contribution in [2.24, 2.45) is 5.10 Å². The first kappa shape index (κ1) is 19.3. The molecule has 0 aliphatic heterocycles. The molecule has 0 aliphatic carbocycles. The summed E-state index contributed by atoms with van der Waals surface area (Å²) in [5, 5.41) is 16.6. The molecule has 0 unspecified atom stereocenters. The Morgan fingerprint density at radius 3 is 2.77 bits per heavy atom. The highest BCUT2D eigenvalue weighted by molar-refractivity contribution is 7.99. The molecular formula is C20H14N6O3S. The Hall–Kier alpha value is -4.05. The molecule has 0 fully saturated rings. The second-order valence-corrected chi connectivity index (χ2v) is 7.07. The average Bonchev–Trinajstić information content (AvgIpc) is 3.19. The third-order valence-corrected chi connectivity index (χ3v) is 5.10. The van der Waals surface area contributed by atoms with Crippen molar-refractivity contribution in [2.45, 2.75) is 10.1 Å². The highest BCUT2D eigenvalue weighted by Crippen LogP contribution is 2.33. The normalized spacial score (nSPS) is 11.1. The van der Waals surface area contributed by atoms with Crippen LogP contribution < -0.4 is 5.43 Å². The van der Waals surface area contributed by atoms with Crippen molar-refractivity contribution < 1.29 is 9.72 Å². The van der Waals surface area contributed by atoms with Gasteiger partial charge in [-0.1, -0.05) is 24.3 Å². The number of carbonyl (C=O) groups is 1. The molecule has 2 aromatic heterocycles. The third kappa shape index (κ3) is 4.18. The van der Waals surface area contributed by atoms with E-state index in [9.17, 15) is 14.9 Å². The molecule has 0 radical (unpaired) electrons. The monoisotopic (exact) mass is 418 g/mol. The number of H-pyrrole nitrogens is 1. The van der Waals surface area contributed by atoms with E-state index in [1.165, 1.54) is 12.3 Å². The highest BCUT2D eigenvalue weighted by Gasteiger charge is 2.16. The van der Waals surface area contributed by atoms with Crippen molar-refractivity contribution in [3.63, 3.8) is 0 Å². The number of hydrogen-bond donors (Lipinski definition) is 2. The second kappa shape index (κ2) is 8.53. The van der Waals surface area contributed by atoms with Gasteiger partial charge in [0.05, 0.1) is 21.6 Å². The molecule has 2 heterocycles. The van der Waals surface area contributed by atoms with Gasteiger partial charge < -0.3 is 4.98 Å². The number of hydrogen-bond acceptors (Lipinski definition) is 7. The van der Waals surface area contributed by atoms with E-state index in [2.05, 4.69) is 25.5 Å². The first-order valence-corrected chi connectivity index (χ1v) is 9.56. The summed E-state index contributed by atoms with van der Waals surface area (Å²) in [6.45, 7) is 0. The molecule has 0 atom stereocenters. The van der Waals surface area contributed by atoms with Gasteiger partial charge in [-0.05, 0) is 30.0 Å². The average molecular weight is 418 g/mol. The lowest BCUT2D eigenvalue weighted by Gasteiger charge is -2.03. The van der Waals surface area contributed by atoms with E-state index in [-0.39, 0.29) is 11.6 Å². The lowest BCUT2D eigenvalue weighted by atomic mass is 10.2. The van der Waals surface area contributed by atoms with Crippen molar-refractivity contribution in [1.82, 2.24) is 20.4 Å². The molecule has 148 valence electrons. The van der Waals surface area contributed by atoms with Gasteiger partial charge in [-0.2, -0.15) is 5.10 Å². The number of hydrazone groups is 1. The van der Waals surface area contributed by atoms with Crippen LogP contribution in [0.25, 0.3) is 10.9 Å². The molecule has 4 rings (SSSR count). The van der Waals surface area contributed by atoms with E-state index in [1.54, 1.807) is 36.8 Å². The summed E-state index contributed by atoms with van der Waals surface area (Å²) in [4.78, 5) is 34.9. The fourth-order valence-electron chi connectivity index (χ4n) is 2.77. The number of fused-ring (bicyclic) bond motifs is 1. The van der Waals surface area contributed by atoms with Crippen LogP contribution >= 0.6 is 11.8 Å². The standard InChI is InChI=1S/C20H14N6O3S/c27-19(15-12-23-16-5-2-1-4-14(15)16)25-24-11-13-6-7-18(17(10-13)26(28)29)30-20-21-8-3-9-22-20/h1-12,23H,(H,25,27). The van der Waals surface area contributed by atoms with Gasteiger partial charge in [0.1, 0.15) is 0 Å². The van der Waals surface area contributed by atoms with Crippen LogP contribution in [0.4, 0.5) is 5.69 Å². The van der Waals surface area contributed by atoms with E-state index in [1.807, 2.05) is 24.3 Å². The Morgan fingerprint density at radius 2 is 1.97 bits per heavy atom. The molecule has 10 heteroatoms. The van der Waals surface area contributed by atoms with Crippen LogP contribution in [0, 0.1) is 10.1 Å². The van der Waals surface area contributed by atoms with Crippen LogP contribution in [0.2, 0.25) is 0 Å². The van der Waals surface area contributed by atoms with Gasteiger partial charge in [-0.25, -0.2) is 15.4 Å². The van der Waals surface area contributed by atoms with Crippen molar-refractivity contribution in [3.05, 3.63) is 88.4 Å². The van der Waals surface area contributed by atoms with E-state index in [4.69, 9.17) is 0 Å². The Kier molecular flexibility index (Phi) is 5.48. The highest BCUT2D eigenvalue weighted by atomic mass is 32.2. The van der Waals surface area contributed by atoms with Crippen molar-refractivity contribution in [3.8, 4) is 0 Å². The lowest BCUT2D eigenvalue weighted by molar-refractivity contribution is -0.387. The van der Waals surface area contributed by atoms with Crippen molar-refractivity contribution >= 4 is 40.5 Å². The number of nitrogens with one attached hydrogen (secondary N) is 2. The lowest BCUT2D eigenvalue weighted by Crippen LogP contribution is -2.17. The molecule has 2 aromatic carbocycles. The number of nitro groups is 1. The van der Waals surface area contributed by atoms with Crippen LogP contribution in [0.15, 0.2) is 82.3 Å². The summed E-state index contributed by atoms with van der Waals surface area (Å²) >= 11 is 1.10.